The molecule has 0 radical (unpaired) electrons. The van der Waals surface area contributed by atoms with Crippen LogP contribution in [0.5, 0.6) is 0 Å². The Morgan fingerprint density at radius 3 is 2.47 bits per heavy atom. The summed E-state index contributed by atoms with van der Waals surface area (Å²) in [5, 5.41) is 3.05. The zero-order valence-electron chi connectivity index (χ0n) is 9.98. The third-order valence-electron chi connectivity index (χ3n) is 3.35. The van der Waals surface area contributed by atoms with Crippen LogP contribution in [0.25, 0.3) is 0 Å². The largest absolute Gasteiger partial charge is 0.352 e. The van der Waals surface area contributed by atoms with Gasteiger partial charge in [-0.3, -0.25) is 4.79 Å². The number of halogens is 1. The van der Waals surface area contributed by atoms with E-state index in [4.69, 9.17) is 11.6 Å². The highest BCUT2D eigenvalue weighted by Crippen LogP contribution is 2.37. The number of rotatable bonds is 2. The lowest BCUT2D eigenvalue weighted by molar-refractivity contribution is -0.120. The molecule has 0 aliphatic heterocycles. The maximum Gasteiger partial charge on any atom is 0.235 e. The molecule has 1 rings (SSSR count). The van der Waals surface area contributed by atoms with Crippen molar-refractivity contribution in [1.29, 1.82) is 0 Å². The first kappa shape index (κ1) is 12.8. The summed E-state index contributed by atoms with van der Waals surface area (Å²) in [5.41, 5.74) is 0.269. The van der Waals surface area contributed by atoms with Crippen molar-refractivity contribution in [3.05, 3.63) is 0 Å². The van der Waals surface area contributed by atoms with E-state index in [1.807, 2.05) is 0 Å². The first-order valence-electron chi connectivity index (χ1n) is 5.80. The standard InChI is InChI=1S/C12H22ClNO/c1-12(2,3)9-6-4-5-7-10(9)14-11(15)8-13/h9-10H,4-8H2,1-3H3,(H,14,15)/t9-,10+/m1/s1. The molecule has 1 saturated carbocycles. The molecule has 1 amide bonds. The molecular formula is C12H22ClNO. The van der Waals surface area contributed by atoms with Gasteiger partial charge in [0.05, 0.1) is 0 Å². The molecule has 0 saturated heterocycles. The van der Waals surface area contributed by atoms with Crippen LogP contribution in [0.4, 0.5) is 0 Å². The summed E-state index contributed by atoms with van der Waals surface area (Å²) in [5.74, 6) is 0.629. The van der Waals surface area contributed by atoms with Gasteiger partial charge in [-0.15, -0.1) is 11.6 Å². The average molecular weight is 232 g/mol. The van der Waals surface area contributed by atoms with E-state index in [1.54, 1.807) is 0 Å². The third-order valence-corrected chi connectivity index (χ3v) is 3.59. The lowest BCUT2D eigenvalue weighted by atomic mass is 9.69. The predicted octanol–water partition coefficient (Wildman–Crippen LogP) is 2.95. The fourth-order valence-electron chi connectivity index (χ4n) is 2.59. The van der Waals surface area contributed by atoms with Gasteiger partial charge >= 0.3 is 0 Å². The maximum atomic E-state index is 11.3. The van der Waals surface area contributed by atoms with Crippen molar-refractivity contribution in [2.45, 2.75) is 52.5 Å². The van der Waals surface area contributed by atoms with E-state index in [9.17, 15) is 4.79 Å². The number of hydrogen-bond donors (Lipinski definition) is 1. The number of nitrogens with one attached hydrogen (secondary N) is 1. The van der Waals surface area contributed by atoms with E-state index in [2.05, 4.69) is 26.1 Å². The van der Waals surface area contributed by atoms with E-state index < -0.39 is 0 Å². The monoisotopic (exact) mass is 231 g/mol. The predicted molar refractivity (Wildman–Crippen MR) is 64.1 cm³/mol. The highest BCUT2D eigenvalue weighted by Gasteiger charge is 2.34. The molecule has 2 atom stereocenters. The highest BCUT2D eigenvalue weighted by molar-refractivity contribution is 6.27. The third kappa shape index (κ3) is 3.67. The second-order valence-corrected chi connectivity index (χ2v) is 5.83. The molecule has 0 aromatic heterocycles. The molecule has 0 bridgehead atoms. The zero-order chi connectivity index (χ0) is 11.5. The van der Waals surface area contributed by atoms with Gasteiger partial charge in [0.2, 0.25) is 5.91 Å². The summed E-state index contributed by atoms with van der Waals surface area (Å²) in [6, 6.07) is 0.324. The minimum Gasteiger partial charge on any atom is -0.352 e. The van der Waals surface area contributed by atoms with Crippen molar-refractivity contribution < 1.29 is 4.79 Å². The minimum atomic E-state index is -0.0298. The van der Waals surface area contributed by atoms with Gasteiger partial charge in [0, 0.05) is 6.04 Å². The number of alkyl halides is 1. The van der Waals surface area contributed by atoms with E-state index >= 15 is 0 Å². The fourth-order valence-corrected chi connectivity index (χ4v) is 2.66. The smallest absolute Gasteiger partial charge is 0.235 e. The Morgan fingerprint density at radius 2 is 1.93 bits per heavy atom. The highest BCUT2D eigenvalue weighted by atomic mass is 35.5. The SMILES string of the molecule is CC(C)(C)[C@@H]1CCCC[C@@H]1NC(=O)CCl. The van der Waals surface area contributed by atoms with Crippen molar-refractivity contribution in [1.82, 2.24) is 5.32 Å². The Balaban J connectivity index is 2.62. The second kappa shape index (κ2) is 5.20. The summed E-state index contributed by atoms with van der Waals surface area (Å²) in [4.78, 5) is 11.3. The van der Waals surface area contributed by atoms with Gasteiger partial charge in [-0.05, 0) is 24.2 Å². The van der Waals surface area contributed by atoms with Crippen LogP contribution < -0.4 is 5.32 Å². The molecule has 0 heterocycles. The second-order valence-electron chi connectivity index (χ2n) is 5.56. The number of carbonyl (C=O) groups excluding carboxylic acids is 1. The van der Waals surface area contributed by atoms with Crippen LogP contribution in [-0.4, -0.2) is 17.8 Å². The number of hydrogen-bond acceptors (Lipinski definition) is 1. The van der Waals surface area contributed by atoms with Crippen LogP contribution in [0, 0.1) is 11.3 Å². The van der Waals surface area contributed by atoms with Crippen LogP contribution in [0.1, 0.15) is 46.5 Å². The van der Waals surface area contributed by atoms with E-state index in [-0.39, 0.29) is 17.2 Å². The van der Waals surface area contributed by atoms with Crippen molar-refractivity contribution in [2.24, 2.45) is 11.3 Å². The summed E-state index contributed by atoms with van der Waals surface area (Å²) in [6.45, 7) is 6.76. The molecule has 0 spiro atoms. The van der Waals surface area contributed by atoms with Gasteiger partial charge in [0.1, 0.15) is 5.88 Å². The van der Waals surface area contributed by atoms with Gasteiger partial charge < -0.3 is 5.32 Å². The van der Waals surface area contributed by atoms with Crippen LogP contribution in [0.2, 0.25) is 0 Å². The summed E-state index contributed by atoms with van der Waals surface area (Å²) >= 11 is 5.52. The van der Waals surface area contributed by atoms with Crippen LogP contribution in [-0.2, 0) is 4.79 Å². The molecule has 1 aliphatic carbocycles. The Kier molecular flexibility index (Phi) is 4.45. The summed E-state index contributed by atoms with van der Waals surface area (Å²) in [6.07, 6.45) is 4.83. The molecule has 1 N–H and O–H groups in total. The van der Waals surface area contributed by atoms with Crippen LogP contribution >= 0.6 is 11.6 Å². The molecule has 15 heavy (non-hydrogen) atoms. The van der Waals surface area contributed by atoms with Gasteiger partial charge in [-0.25, -0.2) is 0 Å². The Bertz CT molecular complexity index is 222. The molecular weight excluding hydrogens is 210 g/mol. The van der Waals surface area contributed by atoms with E-state index in [0.717, 1.165) is 6.42 Å². The number of amides is 1. The molecule has 2 nitrogen and oxygen atoms in total. The van der Waals surface area contributed by atoms with Crippen molar-refractivity contribution in [2.75, 3.05) is 5.88 Å². The Hall–Kier alpha value is -0.240. The van der Waals surface area contributed by atoms with Crippen LogP contribution in [0.15, 0.2) is 0 Å². The van der Waals surface area contributed by atoms with Gasteiger partial charge in [-0.1, -0.05) is 33.6 Å². The lowest BCUT2D eigenvalue weighted by Crippen LogP contribution is -2.47. The Morgan fingerprint density at radius 1 is 1.33 bits per heavy atom. The van der Waals surface area contributed by atoms with Gasteiger partial charge in [0.25, 0.3) is 0 Å². The maximum absolute atomic E-state index is 11.3. The summed E-state index contributed by atoms with van der Waals surface area (Å²) in [7, 11) is 0. The number of carbonyl (C=O) groups is 1. The van der Waals surface area contributed by atoms with Crippen molar-refractivity contribution in [3.8, 4) is 0 Å². The van der Waals surface area contributed by atoms with Crippen LogP contribution in [0.3, 0.4) is 0 Å². The fraction of sp³-hybridized carbons (Fsp3) is 0.917. The molecule has 0 unspecified atom stereocenters. The molecule has 0 aromatic carbocycles. The first-order valence-corrected chi connectivity index (χ1v) is 6.34. The minimum absolute atomic E-state index is 0.0298. The molecule has 1 fully saturated rings. The lowest BCUT2D eigenvalue weighted by Gasteiger charge is -2.40. The molecule has 0 aromatic rings. The van der Waals surface area contributed by atoms with Crippen molar-refractivity contribution in [3.63, 3.8) is 0 Å². The molecule has 3 heteroatoms. The molecule has 1 aliphatic rings. The van der Waals surface area contributed by atoms with Gasteiger partial charge in [-0.2, -0.15) is 0 Å². The first-order chi connectivity index (χ1) is 6.95. The normalized spacial score (nSPS) is 27.5. The van der Waals surface area contributed by atoms with E-state index in [1.165, 1.54) is 19.3 Å². The Labute approximate surface area is 97.8 Å². The van der Waals surface area contributed by atoms with Crippen molar-refractivity contribution >= 4 is 17.5 Å². The van der Waals surface area contributed by atoms with E-state index in [0.29, 0.717) is 12.0 Å². The quantitative estimate of drug-likeness (QED) is 0.728. The van der Waals surface area contributed by atoms with Gasteiger partial charge in [0.15, 0.2) is 0 Å². The average Bonchev–Trinajstić information content (AvgIpc) is 2.17. The molecule has 88 valence electrons. The topological polar surface area (TPSA) is 29.1 Å². The summed E-state index contributed by atoms with van der Waals surface area (Å²) < 4.78 is 0. The zero-order valence-corrected chi connectivity index (χ0v) is 10.7.